The molecule has 28 heteroatoms. The summed E-state index contributed by atoms with van der Waals surface area (Å²) in [6.07, 6.45) is -0.601. The van der Waals surface area contributed by atoms with Gasteiger partial charge >= 0.3 is 12.1 Å². The van der Waals surface area contributed by atoms with Crippen LogP contribution in [0.4, 0.5) is 33.1 Å². The van der Waals surface area contributed by atoms with Crippen LogP contribution in [0, 0.1) is 0 Å². The molecule has 1 aliphatic carbocycles. The third-order valence-corrected chi connectivity index (χ3v) is 15.2. The minimum Gasteiger partial charge on any atom is -0.394 e. The van der Waals surface area contributed by atoms with E-state index in [1.165, 1.54) is 12.7 Å². The Bertz CT molecular complexity index is 2380. The average Bonchev–Trinajstić information content (AvgIpc) is 4.24. The fourth-order valence-electron chi connectivity index (χ4n) is 11.2. The van der Waals surface area contributed by atoms with Gasteiger partial charge in [0.15, 0.2) is 46.4 Å². The molecule has 0 unspecified atom stereocenters. The number of urea groups is 2. The number of carbonyl (C=O) groups is 2. The molecule has 0 spiro atoms. The number of hydrogen-bond donors (Lipinski definition) is 14. The number of ether oxygens (including phenoxy) is 2. The number of anilines is 4. The van der Waals surface area contributed by atoms with Crippen molar-refractivity contribution in [1.29, 1.82) is 0 Å². The van der Waals surface area contributed by atoms with E-state index in [9.17, 15) is 40.2 Å². The van der Waals surface area contributed by atoms with Gasteiger partial charge in [0.05, 0.1) is 25.9 Å². The summed E-state index contributed by atoms with van der Waals surface area (Å²) in [6.45, 7) is 4.28. The predicted molar refractivity (Wildman–Crippen MR) is 257 cm³/mol. The Hall–Kier alpha value is -5.56. The molecule has 4 aromatic rings. The maximum Gasteiger partial charge on any atom is 0.315 e. The summed E-state index contributed by atoms with van der Waals surface area (Å²) in [6, 6.07) is -0.670. The average molecular weight is 1010 g/mol. The van der Waals surface area contributed by atoms with Gasteiger partial charge in [0.25, 0.3) is 0 Å². The number of aliphatic hydroxyl groups is 6. The van der Waals surface area contributed by atoms with Gasteiger partial charge in [-0.15, -0.1) is 0 Å². The molecule has 12 atom stereocenters. The summed E-state index contributed by atoms with van der Waals surface area (Å²) in [4.78, 5) is 59.0. The molecule has 72 heavy (non-hydrogen) atoms. The maximum atomic E-state index is 12.9. The van der Waals surface area contributed by atoms with E-state index in [0.717, 1.165) is 39.0 Å². The molecule has 0 radical (unpaired) electrons. The number of imidazole rings is 2. The molecular formula is C44H66N18O10. The predicted octanol–water partition coefficient (Wildman–Crippen LogP) is -3.50. The van der Waals surface area contributed by atoms with Crippen molar-refractivity contribution < 1.29 is 49.7 Å². The first-order chi connectivity index (χ1) is 35.0. The third-order valence-electron chi connectivity index (χ3n) is 15.2. The van der Waals surface area contributed by atoms with Crippen LogP contribution >= 0.6 is 0 Å². The van der Waals surface area contributed by atoms with E-state index in [-0.39, 0.29) is 48.3 Å². The van der Waals surface area contributed by atoms with E-state index in [0.29, 0.717) is 111 Å². The summed E-state index contributed by atoms with van der Waals surface area (Å²) in [7, 11) is 0. The first-order valence-electron chi connectivity index (χ1n) is 25.3. The lowest BCUT2D eigenvalue weighted by atomic mass is 9.91. The summed E-state index contributed by atoms with van der Waals surface area (Å²) in [5.74, 6) is 1.74. The Morgan fingerprint density at radius 3 is 1.35 bits per heavy atom. The Morgan fingerprint density at radius 1 is 0.556 bits per heavy atom. The molecule has 10 heterocycles. The topological polar surface area (TPSA) is 364 Å². The van der Waals surface area contributed by atoms with Gasteiger partial charge in [0.2, 0.25) is 11.9 Å². The largest absolute Gasteiger partial charge is 0.394 e. The van der Waals surface area contributed by atoms with Crippen LogP contribution in [-0.4, -0.2) is 220 Å². The van der Waals surface area contributed by atoms with Gasteiger partial charge in [-0.2, -0.15) is 19.9 Å². The molecule has 7 fully saturated rings. The maximum absolute atomic E-state index is 12.9. The first-order valence-corrected chi connectivity index (χ1v) is 25.3. The monoisotopic (exact) mass is 1010 g/mol. The quantitative estimate of drug-likeness (QED) is 0.0583. The van der Waals surface area contributed by atoms with E-state index < -0.39 is 62.3 Å². The van der Waals surface area contributed by atoms with Crippen LogP contribution in [0.3, 0.4) is 0 Å². The normalized spacial score (nSPS) is 33.9. The van der Waals surface area contributed by atoms with Gasteiger partial charge in [-0.25, -0.2) is 19.6 Å². The standard InChI is InChI=1S/C44H66N18O10/c63-17-27-31(65)33(67)39(71-27)61-19-47-29-35(55-41(57-37(29)61)59-11-7-25(15-59)53-43(69)51-23-5-9-45-13-23)49-21-1-2-22(4-3-21)50-36-30-38(62(20-48-30)40-34(68)32(66)28(18-64)72-40)58-42(56-36)60-12-8-26(16-60)54-44(70)52-24-6-10-46-14-24/h19-28,31-34,39-40,45-46,63-68H,1-18H2,(H,49,55,57)(H,50,56,58)(H2,51,53,69)(H2,52,54,70)/t21?,22?,23-,24-,25-,26-,27-,28-,31-,32-,33-,34-,39-,40-/m1/s1. The van der Waals surface area contributed by atoms with Crippen LogP contribution in [0.5, 0.6) is 0 Å². The van der Waals surface area contributed by atoms with Crippen molar-refractivity contribution >= 4 is 57.9 Å². The molecule has 14 N–H and O–H groups in total. The van der Waals surface area contributed by atoms with E-state index in [4.69, 9.17) is 29.4 Å². The number of carbonyl (C=O) groups excluding carboxylic acids is 2. The zero-order valence-corrected chi connectivity index (χ0v) is 39.8. The SMILES string of the molecule is O=C(N[C@@H]1CCNC1)N[C@@H]1CCN(c2nc(NC3CCC(Nc4nc(N5CC[C@@H](NC(=O)N[C@@H]6CCNC6)C5)nc5c4ncn5[C@@H]4O[C@H](CO)[C@@H](O)[C@H]4O)CC3)c3ncn([C@@H]4O[C@H](CO)[C@@H](O)[C@H]4O)c3n2)C1. The minimum atomic E-state index is -1.36. The Kier molecular flexibility index (Phi) is 14.0. The molecular weight excluding hydrogens is 941 g/mol. The van der Waals surface area contributed by atoms with Gasteiger partial charge in [-0.05, 0) is 64.5 Å². The number of nitrogens with zero attached hydrogens (tertiary/aromatic N) is 10. The third kappa shape index (κ3) is 9.83. The zero-order valence-electron chi connectivity index (χ0n) is 39.8. The highest BCUT2D eigenvalue weighted by atomic mass is 16.6. The molecule has 4 amide bonds. The summed E-state index contributed by atoms with van der Waals surface area (Å²) < 4.78 is 14.9. The number of rotatable bonds is 14. The summed E-state index contributed by atoms with van der Waals surface area (Å²) >= 11 is 0. The molecule has 0 bridgehead atoms. The van der Waals surface area contributed by atoms with Crippen molar-refractivity contribution in [3.63, 3.8) is 0 Å². The van der Waals surface area contributed by atoms with Crippen LogP contribution in [0.15, 0.2) is 12.7 Å². The Labute approximate surface area is 413 Å². The second-order valence-electron chi connectivity index (χ2n) is 20.2. The second-order valence-corrected chi connectivity index (χ2v) is 20.2. The van der Waals surface area contributed by atoms with Crippen molar-refractivity contribution in [2.75, 3.05) is 86.0 Å². The molecule has 1 saturated carbocycles. The number of hydrogen-bond acceptors (Lipinski definition) is 22. The molecule has 7 aliphatic rings. The first kappa shape index (κ1) is 48.7. The van der Waals surface area contributed by atoms with Gasteiger partial charge in [-0.3, -0.25) is 9.13 Å². The van der Waals surface area contributed by atoms with Gasteiger partial charge in [0.1, 0.15) is 36.6 Å². The minimum absolute atomic E-state index is 0.0434. The molecule has 11 rings (SSSR count). The summed E-state index contributed by atoms with van der Waals surface area (Å²) in [5, 5.41) is 89.1. The van der Waals surface area contributed by atoms with E-state index in [1.54, 1.807) is 9.13 Å². The number of aromatic nitrogens is 8. The number of aliphatic hydroxyl groups excluding tert-OH is 6. The Morgan fingerprint density at radius 2 is 0.972 bits per heavy atom. The molecule has 28 nitrogen and oxygen atoms in total. The summed E-state index contributed by atoms with van der Waals surface area (Å²) in [5.41, 5.74) is 1.59. The second kappa shape index (κ2) is 20.7. The number of nitrogens with one attached hydrogen (secondary N) is 8. The van der Waals surface area contributed by atoms with Gasteiger partial charge < -0.3 is 92.4 Å². The van der Waals surface area contributed by atoms with E-state index in [1.807, 2.05) is 9.80 Å². The van der Waals surface area contributed by atoms with E-state index >= 15 is 0 Å². The highest BCUT2D eigenvalue weighted by Gasteiger charge is 2.46. The van der Waals surface area contributed by atoms with Gasteiger partial charge in [-0.1, -0.05) is 0 Å². The van der Waals surface area contributed by atoms with Gasteiger partial charge in [0, 0.05) is 75.5 Å². The van der Waals surface area contributed by atoms with Crippen LogP contribution in [0.1, 0.15) is 63.8 Å². The molecule has 392 valence electrons. The van der Waals surface area contributed by atoms with Crippen molar-refractivity contribution in [2.45, 2.75) is 137 Å². The molecule has 4 aromatic heterocycles. The van der Waals surface area contributed by atoms with Crippen LogP contribution in [0.2, 0.25) is 0 Å². The van der Waals surface area contributed by atoms with Crippen molar-refractivity contribution in [1.82, 2.24) is 70.9 Å². The molecule has 6 saturated heterocycles. The lowest BCUT2D eigenvalue weighted by Gasteiger charge is -2.31. The smallest absolute Gasteiger partial charge is 0.315 e. The zero-order chi connectivity index (χ0) is 49.6. The lowest BCUT2D eigenvalue weighted by Crippen LogP contribution is -2.47. The van der Waals surface area contributed by atoms with Crippen LogP contribution in [0.25, 0.3) is 22.3 Å². The molecule has 6 aliphatic heterocycles. The fourth-order valence-corrected chi connectivity index (χ4v) is 11.2. The van der Waals surface area contributed by atoms with E-state index in [2.05, 4.69) is 52.5 Å². The number of fused-ring (bicyclic) bond motifs is 2. The van der Waals surface area contributed by atoms with Crippen molar-refractivity contribution in [3.05, 3.63) is 12.7 Å². The fraction of sp³-hybridized carbons (Fsp3) is 0.727. The molecule has 0 aromatic carbocycles. The van der Waals surface area contributed by atoms with Crippen LogP contribution in [-0.2, 0) is 9.47 Å². The van der Waals surface area contributed by atoms with Crippen molar-refractivity contribution in [2.24, 2.45) is 0 Å². The van der Waals surface area contributed by atoms with Crippen molar-refractivity contribution in [3.8, 4) is 0 Å². The van der Waals surface area contributed by atoms with Crippen LogP contribution < -0.4 is 52.3 Å². The lowest BCUT2D eigenvalue weighted by molar-refractivity contribution is -0.0511. The Balaban J connectivity index is 0.807. The number of amides is 4. The highest BCUT2D eigenvalue weighted by molar-refractivity contribution is 5.86. The highest BCUT2D eigenvalue weighted by Crippen LogP contribution is 2.37.